The summed E-state index contributed by atoms with van der Waals surface area (Å²) in [5.74, 6) is 1.10. The number of anilines is 2. The van der Waals surface area contributed by atoms with Crippen LogP contribution in [-0.2, 0) is 22.7 Å². The van der Waals surface area contributed by atoms with E-state index >= 15 is 0 Å². The van der Waals surface area contributed by atoms with E-state index in [0.29, 0.717) is 38.0 Å². The molecule has 2 aromatic rings. The maximum absolute atomic E-state index is 6.16. The molecule has 0 spiro atoms. The lowest BCUT2D eigenvalue weighted by Crippen LogP contribution is -2.34. The molecular formula is C21H33N5O2. The van der Waals surface area contributed by atoms with E-state index in [2.05, 4.69) is 16.9 Å². The van der Waals surface area contributed by atoms with Crippen LogP contribution in [0, 0.1) is 19.8 Å². The first kappa shape index (κ1) is 22.1. The van der Waals surface area contributed by atoms with Gasteiger partial charge in [0.25, 0.3) is 0 Å². The van der Waals surface area contributed by atoms with E-state index < -0.39 is 0 Å². The van der Waals surface area contributed by atoms with Crippen molar-refractivity contribution in [3.05, 3.63) is 46.8 Å². The summed E-state index contributed by atoms with van der Waals surface area (Å²) in [6.45, 7) is 7.90. The highest BCUT2D eigenvalue weighted by atomic mass is 16.5. The molecular weight excluding hydrogens is 354 g/mol. The van der Waals surface area contributed by atoms with Gasteiger partial charge in [0.15, 0.2) is 0 Å². The summed E-state index contributed by atoms with van der Waals surface area (Å²) >= 11 is 0. The molecule has 0 aliphatic heterocycles. The molecule has 2 unspecified atom stereocenters. The Kier molecular flexibility index (Phi) is 8.63. The topological polar surface area (TPSA) is 122 Å². The molecule has 0 fully saturated rings. The van der Waals surface area contributed by atoms with E-state index in [9.17, 15) is 0 Å². The number of nitrogens with two attached hydrogens (primary N) is 3. The Morgan fingerprint density at radius 3 is 2.00 bits per heavy atom. The van der Waals surface area contributed by atoms with Gasteiger partial charge in [0.2, 0.25) is 0 Å². The number of hydrogen-bond donors (Lipinski definition) is 3. The molecule has 7 nitrogen and oxygen atoms in total. The first-order chi connectivity index (χ1) is 13.4. The first-order valence-electron chi connectivity index (χ1n) is 9.76. The first-order valence-corrected chi connectivity index (χ1v) is 9.76. The van der Waals surface area contributed by atoms with Crippen LogP contribution in [0.15, 0.2) is 24.3 Å². The fourth-order valence-corrected chi connectivity index (χ4v) is 3.26. The summed E-state index contributed by atoms with van der Waals surface area (Å²) in [6, 6.07) is 7.64. The fraction of sp³-hybridized carbons (Fsp3) is 0.524. The number of pyridine rings is 2. The standard InChI is InChI=1S/C21H33N5O2/c1-4-5-19(28-13-18-7-15(3)9-21(24)26-18)16(10-22)11-27-12-17-6-14(2)8-20(23)25-17/h6-9,16,19H,4-5,10-13,22H2,1-3H3,(H2,23,25)(H2,24,26). The molecule has 2 aromatic heterocycles. The van der Waals surface area contributed by atoms with Crippen molar-refractivity contribution in [2.24, 2.45) is 11.7 Å². The van der Waals surface area contributed by atoms with E-state index in [1.54, 1.807) is 0 Å². The van der Waals surface area contributed by atoms with Gasteiger partial charge in [-0.15, -0.1) is 0 Å². The number of aromatic nitrogens is 2. The van der Waals surface area contributed by atoms with Crippen LogP contribution in [0.2, 0.25) is 0 Å². The second-order valence-corrected chi connectivity index (χ2v) is 7.27. The summed E-state index contributed by atoms with van der Waals surface area (Å²) in [5.41, 5.74) is 21.4. The van der Waals surface area contributed by atoms with Gasteiger partial charge in [0, 0.05) is 5.92 Å². The summed E-state index contributed by atoms with van der Waals surface area (Å²) in [7, 11) is 0. The SMILES string of the molecule is CCCC(OCc1cc(C)cc(N)n1)C(CN)COCc1cc(C)cc(N)n1. The van der Waals surface area contributed by atoms with Crippen molar-refractivity contribution < 1.29 is 9.47 Å². The normalized spacial score (nSPS) is 13.4. The molecule has 2 rings (SSSR count). The van der Waals surface area contributed by atoms with Crippen molar-refractivity contribution in [3.63, 3.8) is 0 Å². The number of hydrogen-bond acceptors (Lipinski definition) is 7. The van der Waals surface area contributed by atoms with Crippen LogP contribution >= 0.6 is 0 Å². The summed E-state index contributed by atoms with van der Waals surface area (Å²) in [6.07, 6.45) is 1.90. The molecule has 0 aliphatic carbocycles. The number of nitrogen functional groups attached to an aromatic ring is 2. The van der Waals surface area contributed by atoms with Crippen LogP contribution in [0.1, 0.15) is 42.3 Å². The lowest BCUT2D eigenvalue weighted by molar-refractivity contribution is -0.0366. The molecule has 0 bridgehead atoms. The molecule has 0 aliphatic rings. The zero-order valence-corrected chi connectivity index (χ0v) is 17.1. The molecule has 0 saturated heterocycles. The number of rotatable bonds is 11. The zero-order chi connectivity index (χ0) is 20.5. The third-order valence-electron chi connectivity index (χ3n) is 4.51. The van der Waals surface area contributed by atoms with Gasteiger partial charge in [-0.25, -0.2) is 9.97 Å². The van der Waals surface area contributed by atoms with E-state index in [1.807, 2.05) is 38.1 Å². The molecule has 154 valence electrons. The van der Waals surface area contributed by atoms with Crippen molar-refractivity contribution in [1.82, 2.24) is 9.97 Å². The van der Waals surface area contributed by atoms with E-state index in [0.717, 1.165) is 35.4 Å². The van der Waals surface area contributed by atoms with Gasteiger partial charge >= 0.3 is 0 Å². The third kappa shape index (κ3) is 7.07. The van der Waals surface area contributed by atoms with Gasteiger partial charge in [-0.05, 0) is 62.2 Å². The van der Waals surface area contributed by atoms with Gasteiger partial charge in [-0.2, -0.15) is 0 Å². The maximum atomic E-state index is 6.16. The van der Waals surface area contributed by atoms with Crippen molar-refractivity contribution >= 4 is 11.6 Å². The van der Waals surface area contributed by atoms with Crippen molar-refractivity contribution in [2.45, 2.75) is 52.9 Å². The van der Waals surface area contributed by atoms with Gasteiger partial charge in [-0.3, -0.25) is 0 Å². The Morgan fingerprint density at radius 1 is 0.929 bits per heavy atom. The summed E-state index contributed by atoms with van der Waals surface area (Å²) in [5, 5.41) is 0. The minimum absolute atomic E-state index is 0.00549. The minimum atomic E-state index is -0.00549. The highest BCUT2D eigenvalue weighted by Gasteiger charge is 2.21. The average Bonchev–Trinajstić information content (AvgIpc) is 2.61. The smallest absolute Gasteiger partial charge is 0.123 e. The molecule has 0 aromatic carbocycles. The predicted molar refractivity (Wildman–Crippen MR) is 112 cm³/mol. The second kappa shape index (κ2) is 10.9. The Hall–Kier alpha value is -2.22. The van der Waals surface area contributed by atoms with Gasteiger partial charge in [-0.1, -0.05) is 13.3 Å². The Bertz CT molecular complexity index is 713. The molecule has 7 heteroatoms. The minimum Gasteiger partial charge on any atom is -0.384 e. The van der Waals surface area contributed by atoms with E-state index in [1.165, 1.54) is 0 Å². The number of nitrogens with zero attached hydrogens (tertiary/aromatic N) is 2. The van der Waals surface area contributed by atoms with Crippen LogP contribution in [0.4, 0.5) is 11.6 Å². The van der Waals surface area contributed by atoms with Crippen molar-refractivity contribution in [1.29, 1.82) is 0 Å². The van der Waals surface area contributed by atoms with Crippen LogP contribution < -0.4 is 17.2 Å². The third-order valence-corrected chi connectivity index (χ3v) is 4.51. The van der Waals surface area contributed by atoms with Gasteiger partial charge in [0.1, 0.15) is 11.6 Å². The molecule has 0 saturated carbocycles. The van der Waals surface area contributed by atoms with Gasteiger partial charge < -0.3 is 26.7 Å². The van der Waals surface area contributed by atoms with Crippen LogP contribution in [0.25, 0.3) is 0 Å². The quantitative estimate of drug-likeness (QED) is 0.542. The number of aryl methyl sites for hydroxylation is 2. The second-order valence-electron chi connectivity index (χ2n) is 7.27. The fourth-order valence-electron chi connectivity index (χ4n) is 3.26. The van der Waals surface area contributed by atoms with Gasteiger partial charge in [0.05, 0.1) is 37.3 Å². The predicted octanol–water partition coefficient (Wildman–Crippen LogP) is 2.73. The van der Waals surface area contributed by atoms with Crippen LogP contribution in [-0.4, -0.2) is 29.2 Å². The monoisotopic (exact) mass is 387 g/mol. The molecule has 28 heavy (non-hydrogen) atoms. The number of ether oxygens (including phenoxy) is 2. The lowest BCUT2D eigenvalue weighted by Gasteiger charge is -2.26. The average molecular weight is 388 g/mol. The maximum Gasteiger partial charge on any atom is 0.123 e. The zero-order valence-electron chi connectivity index (χ0n) is 17.1. The van der Waals surface area contributed by atoms with Crippen molar-refractivity contribution in [3.8, 4) is 0 Å². The Labute approximate surface area is 167 Å². The largest absolute Gasteiger partial charge is 0.384 e. The lowest BCUT2D eigenvalue weighted by atomic mass is 9.99. The van der Waals surface area contributed by atoms with Crippen LogP contribution in [0.5, 0.6) is 0 Å². The summed E-state index contributed by atoms with van der Waals surface area (Å²) in [4.78, 5) is 8.64. The van der Waals surface area contributed by atoms with E-state index in [-0.39, 0.29) is 12.0 Å². The highest BCUT2D eigenvalue weighted by molar-refractivity contribution is 5.34. The molecule has 0 radical (unpaired) electrons. The highest BCUT2D eigenvalue weighted by Crippen LogP contribution is 2.18. The molecule has 0 amide bonds. The molecule has 2 atom stereocenters. The van der Waals surface area contributed by atoms with Crippen LogP contribution in [0.3, 0.4) is 0 Å². The summed E-state index contributed by atoms with van der Waals surface area (Å²) < 4.78 is 12.0. The Balaban J connectivity index is 1.93. The van der Waals surface area contributed by atoms with Crippen molar-refractivity contribution in [2.75, 3.05) is 24.6 Å². The Morgan fingerprint density at radius 2 is 1.50 bits per heavy atom. The molecule has 2 heterocycles. The molecule has 6 N–H and O–H groups in total. The van der Waals surface area contributed by atoms with E-state index in [4.69, 9.17) is 26.7 Å².